The molecule has 0 aromatic carbocycles. The van der Waals surface area contributed by atoms with Gasteiger partial charge in [0.15, 0.2) is 0 Å². The van der Waals surface area contributed by atoms with Crippen molar-refractivity contribution in [2.24, 2.45) is 0 Å². The minimum atomic E-state index is -0.810. The van der Waals surface area contributed by atoms with Crippen molar-refractivity contribution < 1.29 is 14.7 Å². The predicted molar refractivity (Wildman–Crippen MR) is 106 cm³/mol. The van der Waals surface area contributed by atoms with Crippen LogP contribution in [0, 0.1) is 13.8 Å². The number of carbonyl (C=O) groups excluding carboxylic acids is 1. The van der Waals surface area contributed by atoms with E-state index in [1.165, 1.54) is 0 Å². The third-order valence-electron chi connectivity index (χ3n) is 5.57. The smallest absolute Gasteiger partial charge is 0.317 e. The summed E-state index contributed by atoms with van der Waals surface area (Å²) in [5.41, 5.74) is 3.60. The number of carbonyl (C=O) groups is 2. The molecule has 0 radical (unpaired) electrons. The summed E-state index contributed by atoms with van der Waals surface area (Å²) in [6.07, 6.45) is 3.35. The summed E-state index contributed by atoms with van der Waals surface area (Å²) < 4.78 is 2.10. The van der Waals surface area contributed by atoms with E-state index in [2.05, 4.69) is 14.9 Å². The number of nitrogens with zero attached hydrogens (tertiary/aromatic N) is 3. The number of rotatable bonds is 8. The second-order valence-corrected chi connectivity index (χ2v) is 7.44. The van der Waals surface area contributed by atoms with Gasteiger partial charge in [-0.05, 0) is 51.4 Å². The second kappa shape index (κ2) is 8.56. The number of carboxylic acids is 1. The van der Waals surface area contributed by atoms with Gasteiger partial charge in [-0.3, -0.25) is 19.5 Å². The normalized spacial score (nSPS) is 18.7. The van der Waals surface area contributed by atoms with Gasteiger partial charge in [-0.15, -0.1) is 0 Å². The zero-order valence-electron chi connectivity index (χ0n) is 16.7. The lowest BCUT2D eigenvalue weighted by atomic mass is 9.85. The third-order valence-corrected chi connectivity index (χ3v) is 5.57. The Labute approximate surface area is 165 Å². The molecule has 7 nitrogen and oxygen atoms in total. The van der Waals surface area contributed by atoms with E-state index in [4.69, 9.17) is 5.11 Å². The molecule has 3 rings (SSSR count). The van der Waals surface area contributed by atoms with Gasteiger partial charge in [0, 0.05) is 29.7 Å². The summed E-state index contributed by atoms with van der Waals surface area (Å²) in [6.45, 7) is 7.31. The summed E-state index contributed by atoms with van der Waals surface area (Å²) in [4.78, 5) is 30.0. The number of carboxylic acid groups (broad SMARTS) is 1. The molecule has 0 unspecified atom stereocenters. The number of nitrogens with one attached hydrogen (secondary N) is 1. The molecular formula is C21H28N4O3. The standard InChI is InChI=1S/C21H28N4O3/c1-4-24(13-20(26)27)18-10-17(11-18)23-21(28)19-9-14(2)25(15(19)3)12-16-7-5-6-8-22-16/h5-9,17-18H,4,10-13H2,1-3H3,(H,23,28)(H,26,27). The minimum absolute atomic E-state index is 0.0521. The summed E-state index contributed by atoms with van der Waals surface area (Å²) in [7, 11) is 0. The highest BCUT2D eigenvalue weighted by molar-refractivity contribution is 5.96. The van der Waals surface area contributed by atoms with E-state index in [0.29, 0.717) is 18.7 Å². The highest BCUT2D eigenvalue weighted by Crippen LogP contribution is 2.26. The summed E-state index contributed by atoms with van der Waals surface area (Å²) in [5, 5.41) is 12.1. The minimum Gasteiger partial charge on any atom is -0.480 e. The average molecular weight is 384 g/mol. The van der Waals surface area contributed by atoms with Gasteiger partial charge >= 0.3 is 5.97 Å². The Kier molecular flexibility index (Phi) is 6.14. The molecule has 7 heteroatoms. The van der Waals surface area contributed by atoms with E-state index in [0.717, 1.165) is 29.9 Å². The maximum Gasteiger partial charge on any atom is 0.317 e. The van der Waals surface area contributed by atoms with E-state index >= 15 is 0 Å². The van der Waals surface area contributed by atoms with Gasteiger partial charge in [-0.25, -0.2) is 0 Å². The molecule has 28 heavy (non-hydrogen) atoms. The molecule has 0 spiro atoms. The first kappa shape index (κ1) is 20.1. The van der Waals surface area contributed by atoms with Crippen molar-refractivity contribution in [3.63, 3.8) is 0 Å². The first-order valence-electron chi connectivity index (χ1n) is 9.72. The van der Waals surface area contributed by atoms with Crippen LogP contribution >= 0.6 is 0 Å². The van der Waals surface area contributed by atoms with Crippen LogP contribution in [0.1, 0.15) is 47.2 Å². The zero-order chi connectivity index (χ0) is 20.3. The fraction of sp³-hybridized carbons (Fsp3) is 0.476. The van der Waals surface area contributed by atoms with Crippen LogP contribution in [0.5, 0.6) is 0 Å². The summed E-state index contributed by atoms with van der Waals surface area (Å²) >= 11 is 0. The molecule has 1 aliphatic carbocycles. The highest BCUT2D eigenvalue weighted by atomic mass is 16.4. The SMILES string of the molecule is CCN(CC(=O)O)C1CC(NC(=O)c2cc(C)n(Cc3ccccn3)c2C)C1. The Balaban J connectivity index is 1.60. The second-order valence-electron chi connectivity index (χ2n) is 7.44. The Morgan fingerprint density at radius 2 is 2.07 bits per heavy atom. The van der Waals surface area contributed by atoms with Crippen molar-refractivity contribution in [3.05, 3.63) is 53.1 Å². The van der Waals surface area contributed by atoms with Crippen LogP contribution in [-0.4, -0.2) is 56.6 Å². The Bertz CT molecular complexity index is 841. The van der Waals surface area contributed by atoms with Crippen molar-refractivity contribution in [3.8, 4) is 0 Å². The topological polar surface area (TPSA) is 87.5 Å². The fourth-order valence-electron chi connectivity index (χ4n) is 3.87. The predicted octanol–water partition coefficient (Wildman–Crippen LogP) is 2.22. The van der Waals surface area contributed by atoms with Gasteiger partial charge in [0.05, 0.1) is 24.3 Å². The van der Waals surface area contributed by atoms with Crippen molar-refractivity contribution in [2.45, 2.75) is 52.2 Å². The Morgan fingerprint density at radius 3 is 2.68 bits per heavy atom. The van der Waals surface area contributed by atoms with Gasteiger partial charge in [0.1, 0.15) is 0 Å². The molecule has 0 saturated heterocycles. The number of aromatic nitrogens is 2. The van der Waals surface area contributed by atoms with Gasteiger partial charge in [-0.2, -0.15) is 0 Å². The molecule has 0 atom stereocenters. The van der Waals surface area contributed by atoms with Crippen LogP contribution in [0.2, 0.25) is 0 Å². The largest absolute Gasteiger partial charge is 0.480 e. The molecule has 2 N–H and O–H groups in total. The molecule has 0 bridgehead atoms. The molecular weight excluding hydrogens is 356 g/mol. The number of hydrogen-bond donors (Lipinski definition) is 2. The van der Waals surface area contributed by atoms with E-state index < -0.39 is 5.97 Å². The quantitative estimate of drug-likeness (QED) is 0.729. The number of hydrogen-bond acceptors (Lipinski definition) is 4. The van der Waals surface area contributed by atoms with Crippen LogP contribution in [0.3, 0.4) is 0 Å². The molecule has 2 heterocycles. The average Bonchev–Trinajstić information content (AvgIpc) is 2.91. The molecule has 1 amide bonds. The van der Waals surface area contributed by atoms with E-state index in [9.17, 15) is 9.59 Å². The van der Waals surface area contributed by atoms with Gasteiger partial charge in [-0.1, -0.05) is 13.0 Å². The lowest BCUT2D eigenvalue weighted by molar-refractivity contribution is -0.139. The summed E-state index contributed by atoms with van der Waals surface area (Å²) in [6, 6.07) is 8.07. The van der Waals surface area contributed by atoms with E-state index in [1.807, 2.05) is 49.9 Å². The van der Waals surface area contributed by atoms with Crippen molar-refractivity contribution in [1.82, 2.24) is 19.8 Å². The molecule has 2 aromatic rings. The van der Waals surface area contributed by atoms with Crippen molar-refractivity contribution >= 4 is 11.9 Å². The van der Waals surface area contributed by atoms with E-state index in [1.54, 1.807) is 6.20 Å². The molecule has 1 saturated carbocycles. The lowest BCUT2D eigenvalue weighted by Crippen LogP contribution is -2.54. The maximum atomic E-state index is 12.8. The van der Waals surface area contributed by atoms with Crippen LogP contribution in [-0.2, 0) is 11.3 Å². The van der Waals surface area contributed by atoms with Crippen molar-refractivity contribution in [2.75, 3.05) is 13.1 Å². The molecule has 1 aliphatic rings. The fourth-order valence-corrected chi connectivity index (χ4v) is 3.87. The van der Waals surface area contributed by atoms with Crippen LogP contribution in [0.25, 0.3) is 0 Å². The Morgan fingerprint density at radius 1 is 1.32 bits per heavy atom. The zero-order valence-corrected chi connectivity index (χ0v) is 16.7. The number of pyridine rings is 1. The van der Waals surface area contributed by atoms with Crippen LogP contribution in [0.4, 0.5) is 0 Å². The third kappa shape index (κ3) is 4.42. The monoisotopic (exact) mass is 384 g/mol. The number of aryl methyl sites for hydroxylation is 1. The maximum absolute atomic E-state index is 12.8. The van der Waals surface area contributed by atoms with Crippen LogP contribution < -0.4 is 5.32 Å². The highest BCUT2D eigenvalue weighted by Gasteiger charge is 2.35. The number of amides is 1. The molecule has 0 aliphatic heterocycles. The number of aliphatic carboxylic acids is 1. The Hall–Kier alpha value is -2.67. The summed E-state index contributed by atoms with van der Waals surface area (Å²) in [5.74, 6) is -0.875. The molecule has 150 valence electrons. The lowest BCUT2D eigenvalue weighted by Gasteiger charge is -2.42. The first-order valence-corrected chi connectivity index (χ1v) is 9.72. The molecule has 2 aromatic heterocycles. The van der Waals surface area contributed by atoms with Gasteiger partial charge in [0.2, 0.25) is 0 Å². The first-order chi connectivity index (χ1) is 13.4. The van der Waals surface area contributed by atoms with Gasteiger partial charge < -0.3 is 15.0 Å². The van der Waals surface area contributed by atoms with Gasteiger partial charge in [0.25, 0.3) is 5.91 Å². The van der Waals surface area contributed by atoms with E-state index in [-0.39, 0.29) is 24.5 Å². The van der Waals surface area contributed by atoms with Crippen molar-refractivity contribution in [1.29, 1.82) is 0 Å². The molecule has 1 fully saturated rings. The number of likely N-dealkylation sites (N-methyl/N-ethyl adjacent to an activating group) is 1. The van der Waals surface area contributed by atoms with Crippen LogP contribution in [0.15, 0.2) is 30.5 Å².